The lowest BCUT2D eigenvalue weighted by Crippen LogP contribution is -2.24. The first-order chi connectivity index (χ1) is 7.55. The fourth-order valence-corrected chi connectivity index (χ4v) is 3.20. The van der Waals surface area contributed by atoms with E-state index in [4.69, 9.17) is 10.3 Å². The Balaban J connectivity index is 2.35. The zero-order valence-corrected chi connectivity index (χ0v) is 10.5. The van der Waals surface area contributed by atoms with Crippen LogP contribution in [0.1, 0.15) is 57.3 Å². The molecule has 1 fully saturated rings. The molecule has 1 heterocycles. The molecule has 0 aromatic carbocycles. The molecule has 1 saturated carbocycles. The van der Waals surface area contributed by atoms with E-state index in [1.807, 2.05) is 6.92 Å². The Morgan fingerprint density at radius 1 is 1.38 bits per heavy atom. The minimum Gasteiger partial charge on any atom is -0.381 e. The van der Waals surface area contributed by atoms with Crippen LogP contribution >= 0.6 is 0 Å². The molecule has 2 rings (SSSR count). The summed E-state index contributed by atoms with van der Waals surface area (Å²) in [6.07, 6.45) is 6.23. The monoisotopic (exact) mass is 222 g/mol. The molecule has 0 unspecified atom stereocenters. The van der Waals surface area contributed by atoms with Gasteiger partial charge in [-0.15, -0.1) is 0 Å². The molecule has 0 saturated heterocycles. The standard InChI is InChI=1S/C13H22N2O/c1-9(2)8-13(6-4-5-7-13)11-10(3)12(14)15-16-11/h9H,4-8H2,1-3H3,(H2,14,15). The third-order valence-electron chi connectivity index (χ3n) is 3.80. The van der Waals surface area contributed by atoms with Gasteiger partial charge in [0.2, 0.25) is 0 Å². The Morgan fingerprint density at radius 3 is 2.44 bits per heavy atom. The van der Waals surface area contributed by atoms with Crippen molar-refractivity contribution in [2.75, 3.05) is 5.73 Å². The number of nitrogens with two attached hydrogens (primary N) is 1. The first-order valence-electron chi connectivity index (χ1n) is 6.27. The molecule has 1 aliphatic carbocycles. The van der Waals surface area contributed by atoms with Gasteiger partial charge in [0.15, 0.2) is 5.82 Å². The summed E-state index contributed by atoms with van der Waals surface area (Å²) < 4.78 is 5.51. The summed E-state index contributed by atoms with van der Waals surface area (Å²) in [5.74, 6) is 2.30. The number of nitrogen functional groups attached to an aromatic ring is 1. The molecule has 0 atom stereocenters. The second kappa shape index (κ2) is 4.11. The maximum atomic E-state index is 5.79. The highest BCUT2D eigenvalue weighted by Gasteiger charge is 2.41. The van der Waals surface area contributed by atoms with Gasteiger partial charge >= 0.3 is 0 Å². The second-order valence-electron chi connectivity index (χ2n) is 5.61. The lowest BCUT2D eigenvalue weighted by Gasteiger charge is -2.28. The van der Waals surface area contributed by atoms with E-state index >= 15 is 0 Å². The van der Waals surface area contributed by atoms with Crippen molar-refractivity contribution >= 4 is 5.82 Å². The summed E-state index contributed by atoms with van der Waals surface area (Å²) in [5, 5.41) is 3.92. The van der Waals surface area contributed by atoms with E-state index in [1.54, 1.807) is 0 Å². The average Bonchev–Trinajstić information content (AvgIpc) is 2.76. The maximum Gasteiger partial charge on any atom is 0.170 e. The first kappa shape index (κ1) is 11.5. The molecule has 1 aliphatic rings. The van der Waals surface area contributed by atoms with Crippen LogP contribution in [0.3, 0.4) is 0 Å². The predicted octanol–water partition coefficient (Wildman–Crippen LogP) is 3.42. The third kappa shape index (κ3) is 1.83. The van der Waals surface area contributed by atoms with Gasteiger partial charge in [-0.25, -0.2) is 0 Å². The van der Waals surface area contributed by atoms with Gasteiger partial charge in [0.25, 0.3) is 0 Å². The molecule has 0 amide bonds. The predicted molar refractivity (Wildman–Crippen MR) is 65.3 cm³/mol. The molecule has 3 heteroatoms. The van der Waals surface area contributed by atoms with Crippen LogP contribution in [0.5, 0.6) is 0 Å². The molecule has 0 spiro atoms. The largest absolute Gasteiger partial charge is 0.381 e. The summed E-state index contributed by atoms with van der Waals surface area (Å²) in [4.78, 5) is 0. The number of hydrogen-bond acceptors (Lipinski definition) is 3. The highest BCUT2D eigenvalue weighted by Crippen LogP contribution is 2.47. The highest BCUT2D eigenvalue weighted by molar-refractivity contribution is 5.42. The lowest BCUT2D eigenvalue weighted by atomic mass is 9.75. The van der Waals surface area contributed by atoms with Crippen molar-refractivity contribution in [1.82, 2.24) is 5.16 Å². The van der Waals surface area contributed by atoms with Crippen molar-refractivity contribution in [3.63, 3.8) is 0 Å². The molecule has 90 valence electrons. The zero-order chi connectivity index (χ0) is 11.8. The van der Waals surface area contributed by atoms with Crippen molar-refractivity contribution in [2.24, 2.45) is 5.92 Å². The molecule has 16 heavy (non-hydrogen) atoms. The Labute approximate surface area is 97.4 Å². The van der Waals surface area contributed by atoms with Crippen molar-refractivity contribution in [3.05, 3.63) is 11.3 Å². The number of nitrogens with zero attached hydrogens (tertiary/aromatic N) is 1. The minimum absolute atomic E-state index is 0.211. The van der Waals surface area contributed by atoms with Crippen LogP contribution < -0.4 is 5.73 Å². The Hall–Kier alpha value is -0.990. The van der Waals surface area contributed by atoms with Crippen molar-refractivity contribution in [1.29, 1.82) is 0 Å². The van der Waals surface area contributed by atoms with E-state index in [0.29, 0.717) is 11.7 Å². The smallest absolute Gasteiger partial charge is 0.170 e. The summed E-state index contributed by atoms with van der Waals surface area (Å²) in [6, 6.07) is 0. The molecule has 3 nitrogen and oxygen atoms in total. The summed E-state index contributed by atoms with van der Waals surface area (Å²) >= 11 is 0. The number of anilines is 1. The SMILES string of the molecule is Cc1c(N)noc1C1(CC(C)C)CCCC1. The van der Waals surface area contributed by atoms with Crippen molar-refractivity contribution < 1.29 is 4.52 Å². The van der Waals surface area contributed by atoms with E-state index in [9.17, 15) is 0 Å². The van der Waals surface area contributed by atoms with E-state index in [1.165, 1.54) is 32.1 Å². The van der Waals surface area contributed by atoms with Crippen molar-refractivity contribution in [3.8, 4) is 0 Å². The average molecular weight is 222 g/mol. The molecule has 0 radical (unpaired) electrons. The molecule has 1 aromatic rings. The first-order valence-corrected chi connectivity index (χ1v) is 6.27. The summed E-state index contributed by atoms with van der Waals surface area (Å²) in [6.45, 7) is 6.58. The van der Waals surface area contributed by atoms with Gasteiger partial charge in [-0.3, -0.25) is 0 Å². The Bertz CT molecular complexity index is 362. The van der Waals surface area contributed by atoms with Crippen LogP contribution in [0, 0.1) is 12.8 Å². The molecular formula is C13H22N2O. The summed E-state index contributed by atoms with van der Waals surface area (Å²) in [5.41, 5.74) is 7.06. The van der Waals surface area contributed by atoms with E-state index in [0.717, 1.165) is 11.3 Å². The highest BCUT2D eigenvalue weighted by atomic mass is 16.5. The molecule has 1 aromatic heterocycles. The topological polar surface area (TPSA) is 52.0 Å². The van der Waals surface area contributed by atoms with Crippen LogP contribution in [-0.2, 0) is 5.41 Å². The maximum absolute atomic E-state index is 5.79. The number of rotatable bonds is 3. The van der Waals surface area contributed by atoms with Gasteiger partial charge in [0.05, 0.1) is 0 Å². The molecule has 0 aliphatic heterocycles. The van der Waals surface area contributed by atoms with Gasteiger partial charge < -0.3 is 10.3 Å². The minimum atomic E-state index is 0.211. The van der Waals surface area contributed by atoms with Crippen LogP contribution in [0.4, 0.5) is 5.82 Å². The number of aromatic nitrogens is 1. The lowest BCUT2D eigenvalue weighted by molar-refractivity contribution is 0.252. The molecule has 2 N–H and O–H groups in total. The Morgan fingerprint density at radius 2 is 2.00 bits per heavy atom. The quantitative estimate of drug-likeness (QED) is 0.852. The normalized spacial score (nSPS) is 19.5. The van der Waals surface area contributed by atoms with Gasteiger partial charge in [0.1, 0.15) is 5.76 Å². The second-order valence-corrected chi connectivity index (χ2v) is 5.61. The fraction of sp³-hybridized carbons (Fsp3) is 0.769. The van der Waals surface area contributed by atoms with Gasteiger partial charge in [0, 0.05) is 11.0 Å². The van der Waals surface area contributed by atoms with Crippen LogP contribution in [0.15, 0.2) is 4.52 Å². The van der Waals surface area contributed by atoms with E-state index in [-0.39, 0.29) is 5.41 Å². The molecular weight excluding hydrogens is 200 g/mol. The number of hydrogen-bond donors (Lipinski definition) is 1. The van der Waals surface area contributed by atoms with E-state index in [2.05, 4.69) is 19.0 Å². The van der Waals surface area contributed by atoms with Crippen molar-refractivity contribution in [2.45, 2.75) is 58.3 Å². The van der Waals surface area contributed by atoms with Crippen LogP contribution in [0.25, 0.3) is 0 Å². The molecule has 0 bridgehead atoms. The van der Waals surface area contributed by atoms with Crippen LogP contribution in [-0.4, -0.2) is 5.16 Å². The van der Waals surface area contributed by atoms with Gasteiger partial charge in [-0.1, -0.05) is 31.8 Å². The van der Waals surface area contributed by atoms with Gasteiger partial charge in [-0.05, 0) is 32.1 Å². The summed E-state index contributed by atoms with van der Waals surface area (Å²) in [7, 11) is 0. The Kier molecular flexibility index (Phi) is 2.96. The van der Waals surface area contributed by atoms with Gasteiger partial charge in [-0.2, -0.15) is 0 Å². The van der Waals surface area contributed by atoms with E-state index < -0.39 is 0 Å². The zero-order valence-electron chi connectivity index (χ0n) is 10.5. The third-order valence-corrected chi connectivity index (χ3v) is 3.80. The van der Waals surface area contributed by atoms with Crippen LogP contribution in [0.2, 0.25) is 0 Å². The fourth-order valence-electron chi connectivity index (χ4n) is 3.20.